The number of rotatable bonds is 10. The number of carbonyl (C=O) groups is 2. The van der Waals surface area contributed by atoms with Crippen LogP contribution in [-0.2, 0) is 14.3 Å². The fourth-order valence-electron chi connectivity index (χ4n) is 4.01. The zero-order valence-corrected chi connectivity index (χ0v) is 20.8. The van der Waals surface area contributed by atoms with Crippen LogP contribution in [0.15, 0.2) is 47.6 Å². The van der Waals surface area contributed by atoms with Gasteiger partial charge in [0.15, 0.2) is 0 Å². The van der Waals surface area contributed by atoms with Crippen LogP contribution in [0.5, 0.6) is 11.5 Å². The molecule has 2 amide bonds. The highest BCUT2D eigenvalue weighted by atomic mass is 19.1. The predicted octanol–water partition coefficient (Wildman–Crippen LogP) is 3.65. The fourth-order valence-corrected chi connectivity index (χ4v) is 4.01. The molecule has 2 aromatic carbocycles. The number of hydrazone groups is 1. The number of hydrogen-bond acceptors (Lipinski definition) is 6. The molecule has 0 saturated heterocycles. The summed E-state index contributed by atoms with van der Waals surface area (Å²) < 4.78 is 30.7. The van der Waals surface area contributed by atoms with Crippen molar-refractivity contribution in [3.63, 3.8) is 0 Å². The highest BCUT2D eigenvalue weighted by molar-refractivity contribution is 6.03. The number of methoxy groups -OCH3 is 3. The van der Waals surface area contributed by atoms with E-state index in [-0.39, 0.29) is 31.3 Å². The minimum absolute atomic E-state index is 0.164. The molecule has 0 radical (unpaired) electrons. The topological polar surface area (TPSA) is 80.7 Å². The maximum absolute atomic E-state index is 14.6. The Balaban J connectivity index is 2.01. The third kappa shape index (κ3) is 5.97. The lowest BCUT2D eigenvalue weighted by Crippen LogP contribution is -2.44. The summed E-state index contributed by atoms with van der Waals surface area (Å²) in [5.41, 5.74) is 1.43. The molecule has 0 aromatic heterocycles. The number of nitrogens with zero attached hydrogens (tertiary/aromatic N) is 3. The molecule has 0 aliphatic carbocycles. The van der Waals surface area contributed by atoms with Crippen LogP contribution in [0, 0.1) is 11.7 Å². The van der Waals surface area contributed by atoms with Crippen molar-refractivity contribution in [3.05, 3.63) is 59.4 Å². The van der Waals surface area contributed by atoms with Crippen LogP contribution in [0.1, 0.15) is 37.4 Å². The number of ether oxygens (including phenoxy) is 3. The van der Waals surface area contributed by atoms with Crippen molar-refractivity contribution in [2.75, 3.05) is 41.0 Å². The Morgan fingerprint density at radius 2 is 1.89 bits per heavy atom. The summed E-state index contributed by atoms with van der Waals surface area (Å²) in [5.74, 6) is -0.129. The minimum Gasteiger partial charge on any atom is -0.497 e. The van der Waals surface area contributed by atoms with Crippen molar-refractivity contribution in [1.29, 1.82) is 0 Å². The minimum atomic E-state index is -0.569. The van der Waals surface area contributed by atoms with E-state index in [0.717, 1.165) is 0 Å². The first kappa shape index (κ1) is 26.2. The molecule has 1 aliphatic rings. The molecule has 0 N–H and O–H groups in total. The molecule has 35 heavy (non-hydrogen) atoms. The van der Waals surface area contributed by atoms with E-state index in [1.165, 1.54) is 23.1 Å². The van der Waals surface area contributed by atoms with E-state index >= 15 is 0 Å². The lowest BCUT2D eigenvalue weighted by Gasteiger charge is -2.28. The standard InChI is InChI=1S/C26H32FN3O5/c1-17(2)26(32)29(12-13-33-3)16-25(31)30-23(20-14-18(34-4)10-11-24(20)35-5)15-22(28-30)19-8-6-7-9-21(19)27/h6-11,14,17,23H,12-13,15-16H2,1-5H3/t23-/m1/s1. The van der Waals surface area contributed by atoms with Gasteiger partial charge in [-0.2, -0.15) is 5.10 Å². The van der Waals surface area contributed by atoms with Gasteiger partial charge in [-0.1, -0.05) is 32.0 Å². The molecule has 1 aliphatic heterocycles. The summed E-state index contributed by atoms with van der Waals surface area (Å²) in [7, 11) is 4.63. The van der Waals surface area contributed by atoms with E-state index in [2.05, 4.69) is 5.10 Å². The summed E-state index contributed by atoms with van der Waals surface area (Å²) in [6.45, 7) is 3.94. The quantitative estimate of drug-likeness (QED) is 0.513. The zero-order chi connectivity index (χ0) is 25.5. The fraction of sp³-hybridized carbons (Fsp3) is 0.423. The molecule has 0 bridgehead atoms. The van der Waals surface area contributed by atoms with Gasteiger partial charge < -0.3 is 19.1 Å². The van der Waals surface area contributed by atoms with Crippen molar-refractivity contribution < 1.29 is 28.2 Å². The van der Waals surface area contributed by atoms with E-state index in [1.807, 2.05) is 0 Å². The molecule has 9 heteroatoms. The van der Waals surface area contributed by atoms with E-state index in [9.17, 15) is 14.0 Å². The van der Waals surface area contributed by atoms with Gasteiger partial charge in [0, 0.05) is 37.1 Å². The Bertz CT molecular complexity index is 1090. The average Bonchev–Trinajstić information content (AvgIpc) is 3.31. The van der Waals surface area contributed by atoms with Crippen molar-refractivity contribution in [2.45, 2.75) is 26.3 Å². The van der Waals surface area contributed by atoms with Gasteiger partial charge in [0.25, 0.3) is 5.91 Å². The monoisotopic (exact) mass is 485 g/mol. The lowest BCUT2D eigenvalue weighted by atomic mass is 9.97. The summed E-state index contributed by atoms with van der Waals surface area (Å²) in [6, 6.07) is 11.0. The highest BCUT2D eigenvalue weighted by Gasteiger charge is 2.37. The summed E-state index contributed by atoms with van der Waals surface area (Å²) >= 11 is 0. The van der Waals surface area contributed by atoms with E-state index in [0.29, 0.717) is 34.9 Å². The van der Waals surface area contributed by atoms with Crippen molar-refractivity contribution in [3.8, 4) is 11.5 Å². The Labute approximate surface area is 205 Å². The molecule has 0 unspecified atom stereocenters. The number of amides is 2. The van der Waals surface area contributed by atoms with Crippen molar-refractivity contribution >= 4 is 17.5 Å². The van der Waals surface area contributed by atoms with Crippen LogP contribution >= 0.6 is 0 Å². The predicted molar refractivity (Wildman–Crippen MR) is 130 cm³/mol. The zero-order valence-electron chi connectivity index (χ0n) is 20.8. The Hall–Kier alpha value is -3.46. The van der Waals surface area contributed by atoms with Gasteiger partial charge in [-0.25, -0.2) is 9.40 Å². The molecular weight excluding hydrogens is 453 g/mol. The van der Waals surface area contributed by atoms with Crippen LogP contribution in [0.2, 0.25) is 0 Å². The van der Waals surface area contributed by atoms with Crippen molar-refractivity contribution in [1.82, 2.24) is 9.91 Å². The molecule has 188 valence electrons. The number of hydrogen-bond donors (Lipinski definition) is 0. The van der Waals surface area contributed by atoms with Crippen LogP contribution in [0.3, 0.4) is 0 Å². The largest absolute Gasteiger partial charge is 0.497 e. The molecule has 0 spiro atoms. The second-order valence-corrected chi connectivity index (χ2v) is 8.50. The summed E-state index contributed by atoms with van der Waals surface area (Å²) in [4.78, 5) is 27.8. The van der Waals surface area contributed by atoms with E-state index in [4.69, 9.17) is 14.2 Å². The first-order valence-corrected chi connectivity index (χ1v) is 11.4. The Morgan fingerprint density at radius 1 is 1.14 bits per heavy atom. The third-order valence-corrected chi connectivity index (χ3v) is 5.84. The van der Waals surface area contributed by atoms with Gasteiger partial charge >= 0.3 is 0 Å². The van der Waals surface area contributed by atoms with E-state index in [1.54, 1.807) is 64.5 Å². The van der Waals surface area contributed by atoms with Crippen molar-refractivity contribution in [2.24, 2.45) is 11.0 Å². The molecular formula is C26H32FN3O5. The smallest absolute Gasteiger partial charge is 0.262 e. The van der Waals surface area contributed by atoms with Gasteiger partial charge in [-0.3, -0.25) is 9.59 Å². The summed E-state index contributed by atoms with van der Waals surface area (Å²) in [5, 5.41) is 5.87. The number of benzene rings is 2. The highest BCUT2D eigenvalue weighted by Crippen LogP contribution is 2.39. The van der Waals surface area contributed by atoms with E-state index < -0.39 is 17.8 Å². The van der Waals surface area contributed by atoms with Crippen LogP contribution in [0.4, 0.5) is 4.39 Å². The van der Waals surface area contributed by atoms with Crippen LogP contribution in [0.25, 0.3) is 0 Å². The first-order valence-electron chi connectivity index (χ1n) is 11.4. The molecule has 2 aromatic rings. The lowest BCUT2D eigenvalue weighted by molar-refractivity contribution is -0.143. The number of halogens is 1. The number of carbonyl (C=O) groups excluding carboxylic acids is 2. The van der Waals surface area contributed by atoms with Gasteiger partial charge in [-0.05, 0) is 24.3 Å². The summed E-state index contributed by atoms with van der Waals surface area (Å²) in [6.07, 6.45) is 0.270. The molecule has 0 fully saturated rings. The second-order valence-electron chi connectivity index (χ2n) is 8.50. The maximum atomic E-state index is 14.6. The van der Waals surface area contributed by atoms with Gasteiger partial charge in [0.2, 0.25) is 5.91 Å². The molecule has 8 nitrogen and oxygen atoms in total. The van der Waals surface area contributed by atoms with Gasteiger partial charge in [0.05, 0.1) is 32.6 Å². The van der Waals surface area contributed by atoms with Gasteiger partial charge in [-0.15, -0.1) is 0 Å². The first-order chi connectivity index (χ1) is 16.8. The maximum Gasteiger partial charge on any atom is 0.262 e. The van der Waals surface area contributed by atoms with Crippen LogP contribution in [-0.4, -0.2) is 68.5 Å². The SMILES string of the molecule is COCCN(CC(=O)N1N=C(c2ccccc2F)C[C@@H]1c1cc(OC)ccc1OC)C(=O)C(C)C. The van der Waals surface area contributed by atoms with Crippen LogP contribution < -0.4 is 9.47 Å². The molecule has 0 saturated carbocycles. The average molecular weight is 486 g/mol. The normalized spacial score (nSPS) is 15.2. The second kappa shape index (κ2) is 11.8. The molecule has 1 atom stereocenters. The Morgan fingerprint density at radius 3 is 2.51 bits per heavy atom. The molecule has 1 heterocycles. The third-order valence-electron chi connectivity index (χ3n) is 5.84. The Kier molecular flexibility index (Phi) is 8.81. The molecule has 3 rings (SSSR count). The van der Waals surface area contributed by atoms with Gasteiger partial charge in [0.1, 0.15) is 23.9 Å².